The molecule has 3 aromatic carbocycles. The van der Waals surface area contributed by atoms with Crippen LogP contribution in [0.1, 0.15) is 36.8 Å². The SMILES string of the molecule is NCCc1ccc(OC2CCC(OCc3c(Cl)cccc3Cl)CC2)cc1-c1cccc(F)c1. The van der Waals surface area contributed by atoms with Gasteiger partial charge in [-0.25, -0.2) is 4.39 Å². The van der Waals surface area contributed by atoms with Crippen molar-refractivity contribution in [1.29, 1.82) is 0 Å². The van der Waals surface area contributed by atoms with Gasteiger partial charge in [-0.05, 0) is 91.7 Å². The highest BCUT2D eigenvalue weighted by atomic mass is 35.5. The minimum absolute atomic E-state index is 0.120. The molecule has 0 bridgehead atoms. The van der Waals surface area contributed by atoms with E-state index in [1.165, 1.54) is 6.07 Å². The zero-order chi connectivity index (χ0) is 23.2. The maximum Gasteiger partial charge on any atom is 0.123 e. The molecule has 4 rings (SSSR count). The molecule has 0 amide bonds. The van der Waals surface area contributed by atoms with E-state index >= 15 is 0 Å². The van der Waals surface area contributed by atoms with E-state index in [2.05, 4.69) is 0 Å². The first-order chi connectivity index (χ1) is 16.0. The van der Waals surface area contributed by atoms with E-state index in [1.807, 2.05) is 42.5 Å². The van der Waals surface area contributed by atoms with Crippen molar-refractivity contribution < 1.29 is 13.9 Å². The highest BCUT2D eigenvalue weighted by Crippen LogP contribution is 2.32. The summed E-state index contributed by atoms with van der Waals surface area (Å²) in [6.45, 7) is 0.945. The maximum absolute atomic E-state index is 13.8. The summed E-state index contributed by atoms with van der Waals surface area (Å²) in [5, 5.41) is 1.26. The number of benzene rings is 3. The lowest BCUT2D eigenvalue weighted by atomic mass is 9.94. The molecule has 0 unspecified atom stereocenters. The summed E-state index contributed by atoms with van der Waals surface area (Å²) in [7, 11) is 0. The largest absolute Gasteiger partial charge is 0.490 e. The fraction of sp³-hybridized carbons (Fsp3) is 0.333. The van der Waals surface area contributed by atoms with Crippen molar-refractivity contribution in [1.82, 2.24) is 0 Å². The molecule has 0 heterocycles. The van der Waals surface area contributed by atoms with E-state index in [9.17, 15) is 4.39 Å². The lowest BCUT2D eigenvalue weighted by Gasteiger charge is -2.29. The molecule has 3 nitrogen and oxygen atoms in total. The Morgan fingerprint density at radius 1 is 0.879 bits per heavy atom. The maximum atomic E-state index is 13.8. The number of rotatable bonds is 8. The van der Waals surface area contributed by atoms with Crippen LogP contribution in [0.5, 0.6) is 5.75 Å². The monoisotopic (exact) mass is 487 g/mol. The summed E-state index contributed by atoms with van der Waals surface area (Å²) < 4.78 is 26.2. The fourth-order valence-electron chi connectivity index (χ4n) is 4.31. The number of ether oxygens (including phenoxy) is 2. The van der Waals surface area contributed by atoms with Crippen molar-refractivity contribution in [3.05, 3.63) is 87.7 Å². The second kappa shape index (κ2) is 11.3. The van der Waals surface area contributed by atoms with Crippen LogP contribution in [-0.2, 0) is 17.8 Å². The molecule has 33 heavy (non-hydrogen) atoms. The van der Waals surface area contributed by atoms with Gasteiger partial charge in [0.25, 0.3) is 0 Å². The van der Waals surface area contributed by atoms with Gasteiger partial charge in [-0.1, -0.05) is 47.5 Å². The summed E-state index contributed by atoms with van der Waals surface area (Å²) in [5.74, 6) is 0.538. The van der Waals surface area contributed by atoms with E-state index in [1.54, 1.807) is 12.1 Å². The summed E-state index contributed by atoms with van der Waals surface area (Å²) in [5.41, 5.74) is 9.50. The molecule has 0 aliphatic heterocycles. The van der Waals surface area contributed by atoms with E-state index in [0.29, 0.717) is 23.2 Å². The second-order valence-electron chi connectivity index (χ2n) is 8.40. The third-order valence-electron chi connectivity index (χ3n) is 6.08. The molecule has 6 heteroatoms. The van der Waals surface area contributed by atoms with Crippen LogP contribution in [0, 0.1) is 5.82 Å². The minimum Gasteiger partial charge on any atom is -0.490 e. The number of hydrogen-bond donors (Lipinski definition) is 1. The first-order valence-corrected chi connectivity index (χ1v) is 12.1. The van der Waals surface area contributed by atoms with Crippen LogP contribution in [-0.4, -0.2) is 18.8 Å². The highest BCUT2D eigenvalue weighted by Gasteiger charge is 2.24. The van der Waals surface area contributed by atoms with Crippen molar-refractivity contribution >= 4 is 23.2 Å². The van der Waals surface area contributed by atoms with Gasteiger partial charge in [-0.3, -0.25) is 0 Å². The van der Waals surface area contributed by atoms with Crippen molar-refractivity contribution in [3.8, 4) is 16.9 Å². The van der Waals surface area contributed by atoms with Gasteiger partial charge < -0.3 is 15.2 Å². The number of hydrogen-bond acceptors (Lipinski definition) is 3. The highest BCUT2D eigenvalue weighted by molar-refractivity contribution is 6.35. The van der Waals surface area contributed by atoms with E-state index in [0.717, 1.165) is 60.1 Å². The third kappa shape index (κ3) is 6.27. The number of halogens is 3. The third-order valence-corrected chi connectivity index (χ3v) is 6.79. The van der Waals surface area contributed by atoms with Crippen LogP contribution < -0.4 is 10.5 Å². The molecule has 0 saturated heterocycles. The molecule has 1 saturated carbocycles. The Morgan fingerprint density at radius 2 is 1.58 bits per heavy atom. The van der Waals surface area contributed by atoms with Gasteiger partial charge in [0.05, 0.1) is 18.8 Å². The molecule has 1 fully saturated rings. The molecule has 2 N–H and O–H groups in total. The predicted molar refractivity (Wildman–Crippen MR) is 133 cm³/mol. The van der Waals surface area contributed by atoms with Crippen molar-refractivity contribution in [2.45, 2.75) is 50.9 Å². The van der Waals surface area contributed by atoms with Crippen molar-refractivity contribution in [2.24, 2.45) is 5.73 Å². The molecule has 174 valence electrons. The molecule has 1 aliphatic carbocycles. The van der Waals surface area contributed by atoms with Crippen LogP contribution in [0.3, 0.4) is 0 Å². The van der Waals surface area contributed by atoms with E-state index < -0.39 is 0 Å². The van der Waals surface area contributed by atoms with Gasteiger partial charge in [-0.15, -0.1) is 0 Å². The Kier molecular flexibility index (Phi) is 8.26. The molecule has 1 aliphatic rings. The molecule has 0 atom stereocenters. The van der Waals surface area contributed by atoms with Crippen LogP contribution in [0.15, 0.2) is 60.7 Å². The lowest BCUT2D eigenvalue weighted by molar-refractivity contribution is -0.00655. The molecule has 0 aromatic heterocycles. The average molecular weight is 488 g/mol. The standard InChI is InChI=1S/C27H28Cl2FNO2/c28-26-5-2-6-27(29)25(26)17-32-21-9-11-22(12-10-21)33-23-8-7-18(13-14-31)24(16-23)19-3-1-4-20(30)15-19/h1-8,15-16,21-22H,9-14,17,31H2. The topological polar surface area (TPSA) is 44.5 Å². The van der Waals surface area contributed by atoms with Crippen LogP contribution in [0.2, 0.25) is 10.0 Å². The first kappa shape index (κ1) is 24.0. The second-order valence-corrected chi connectivity index (χ2v) is 9.21. The zero-order valence-electron chi connectivity index (χ0n) is 18.4. The summed E-state index contributed by atoms with van der Waals surface area (Å²) in [6, 6.07) is 18.1. The molecular weight excluding hydrogens is 460 g/mol. The molecule has 3 aromatic rings. The van der Waals surface area contributed by atoms with Crippen molar-refractivity contribution in [2.75, 3.05) is 6.54 Å². The minimum atomic E-state index is -0.256. The normalized spacial score (nSPS) is 18.3. The van der Waals surface area contributed by atoms with Gasteiger partial charge in [0.2, 0.25) is 0 Å². The first-order valence-electron chi connectivity index (χ1n) is 11.3. The predicted octanol–water partition coefficient (Wildman–Crippen LogP) is 7.21. The Hall–Kier alpha value is -2.11. The molecule has 0 spiro atoms. The smallest absolute Gasteiger partial charge is 0.123 e. The Labute approximate surface area is 204 Å². The molecular formula is C27H28Cl2FNO2. The Bertz CT molecular complexity index is 1060. The zero-order valence-corrected chi connectivity index (χ0v) is 19.9. The summed E-state index contributed by atoms with van der Waals surface area (Å²) >= 11 is 12.5. The Balaban J connectivity index is 1.37. The fourth-order valence-corrected chi connectivity index (χ4v) is 4.81. The van der Waals surface area contributed by atoms with Crippen molar-refractivity contribution in [3.63, 3.8) is 0 Å². The van der Waals surface area contributed by atoms with Crippen LogP contribution in [0.4, 0.5) is 4.39 Å². The van der Waals surface area contributed by atoms with E-state index in [4.69, 9.17) is 38.4 Å². The van der Waals surface area contributed by atoms with Gasteiger partial charge in [0, 0.05) is 15.6 Å². The van der Waals surface area contributed by atoms with Crippen LogP contribution >= 0.6 is 23.2 Å². The van der Waals surface area contributed by atoms with Gasteiger partial charge in [-0.2, -0.15) is 0 Å². The number of nitrogens with two attached hydrogens (primary N) is 1. The lowest BCUT2D eigenvalue weighted by Crippen LogP contribution is -2.28. The van der Waals surface area contributed by atoms with Crippen LogP contribution in [0.25, 0.3) is 11.1 Å². The van der Waals surface area contributed by atoms with Gasteiger partial charge in [0.15, 0.2) is 0 Å². The van der Waals surface area contributed by atoms with E-state index in [-0.39, 0.29) is 18.0 Å². The van der Waals surface area contributed by atoms with Gasteiger partial charge >= 0.3 is 0 Å². The summed E-state index contributed by atoms with van der Waals surface area (Å²) in [6.07, 6.45) is 4.64. The quantitative estimate of drug-likeness (QED) is 0.365. The summed E-state index contributed by atoms with van der Waals surface area (Å²) in [4.78, 5) is 0. The molecule has 0 radical (unpaired) electrons. The Morgan fingerprint density at radius 3 is 2.27 bits per heavy atom. The van der Waals surface area contributed by atoms with Gasteiger partial charge in [0.1, 0.15) is 11.6 Å². The average Bonchev–Trinajstić information content (AvgIpc) is 2.81.